The van der Waals surface area contributed by atoms with Gasteiger partial charge in [0.1, 0.15) is 5.01 Å². The molecule has 0 saturated carbocycles. The van der Waals surface area contributed by atoms with Crippen LogP contribution in [0, 0.1) is 0 Å². The van der Waals surface area contributed by atoms with Gasteiger partial charge in [-0.15, -0.1) is 11.3 Å². The maximum absolute atomic E-state index is 12.7. The van der Waals surface area contributed by atoms with Crippen LogP contribution in [0.15, 0.2) is 35.7 Å². The van der Waals surface area contributed by atoms with Crippen LogP contribution in [0.2, 0.25) is 0 Å². The van der Waals surface area contributed by atoms with Gasteiger partial charge in [0.05, 0.1) is 12.1 Å². The lowest BCUT2D eigenvalue weighted by atomic mass is 10.0. The maximum Gasteiger partial charge on any atom is 0.228 e. The fourth-order valence-corrected chi connectivity index (χ4v) is 4.13. The van der Waals surface area contributed by atoms with E-state index in [0.717, 1.165) is 48.7 Å². The predicted molar refractivity (Wildman–Crippen MR) is 99.2 cm³/mol. The number of likely N-dealkylation sites (N-methyl/N-ethyl adjacent to an activating group) is 1. The third-order valence-corrected chi connectivity index (χ3v) is 5.63. The minimum Gasteiger partial charge on any atom is -0.340 e. The Morgan fingerprint density at radius 3 is 2.67 bits per heavy atom. The SMILES string of the molecule is CCN(C(=O)Cc1csc(-c2ccccc2)n1)C1CCN(C)CC1. The number of nitrogens with zero attached hydrogens (tertiary/aromatic N) is 3. The molecular weight excluding hydrogens is 318 g/mol. The molecule has 1 amide bonds. The molecule has 0 aliphatic carbocycles. The molecular formula is C19H25N3OS. The van der Waals surface area contributed by atoms with E-state index in [2.05, 4.69) is 40.9 Å². The molecule has 0 bridgehead atoms. The van der Waals surface area contributed by atoms with Crippen LogP contribution in [0.1, 0.15) is 25.5 Å². The molecule has 1 aromatic carbocycles. The number of likely N-dealkylation sites (tertiary alicyclic amines) is 1. The smallest absolute Gasteiger partial charge is 0.228 e. The molecule has 0 atom stereocenters. The highest BCUT2D eigenvalue weighted by molar-refractivity contribution is 7.13. The average Bonchev–Trinajstić information content (AvgIpc) is 3.06. The van der Waals surface area contributed by atoms with Crippen molar-refractivity contribution in [1.29, 1.82) is 0 Å². The van der Waals surface area contributed by atoms with E-state index in [1.807, 2.05) is 23.6 Å². The van der Waals surface area contributed by atoms with Gasteiger partial charge in [-0.25, -0.2) is 4.98 Å². The molecule has 0 radical (unpaired) electrons. The van der Waals surface area contributed by atoms with Crippen molar-refractivity contribution >= 4 is 17.2 Å². The van der Waals surface area contributed by atoms with Gasteiger partial charge in [-0.05, 0) is 39.9 Å². The third kappa shape index (κ3) is 4.02. The highest BCUT2D eigenvalue weighted by atomic mass is 32.1. The lowest BCUT2D eigenvalue weighted by molar-refractivity contribution is -0.133. The Labute approximate surface area is 148 Å². The zero-order valence-corrected chi connectivity index (χ0v) is 15.3. The van der Waals surface area contributed by atoms with E-state index in [4.69, 9.17) is 0 Å². The highest BCUT2D eigenvalue weighted by Crippen LogP contribution is 2.24. The molecule has 4 nitrogen and oxygen atoms in total. The van der Waals surface area contributed by atoms with Gasteiger partial charge in [0.25, 0.3) is 0 Å². The van der Waals surface area contributed by atoms with Gasteiger partial charge in [0, 0.05) is 23.5 Å². The molecule has 24 heavy (non-hydrogen) atoms. The van der Waals surface area contributed by atoms with Crippen LogP contribution in [0.3, 0.4) is 0 Å². The fraction of sp³-hybridized carbons (Fsp3) is 0.474. The lowest BCUT2D eigenvalue weighted by Gasteiger charge is -2.36. The molecule has 5 heteroatoms. The van der Waals surface area contributed by atoms with Crippen LogP contribution in [0.5, 0.6) is 0 Å². The molecule has 0 unspecified atom stereocenters. The summed E-state index contributed by atoms with van der Waals surface area (Å²) >= 11 is 1.61. The number of aromatic nitrogens is 1. The number of benzene rings is 1. The number of amides is 1. The van der Waals surface area contributed by atoms with E-state index >= 15 is 0 Å². The summed E-state index contributed by atoms with van der Waals surface area (Å²) in [6.45, 7) is 5.00. The molecule has 128 valence electrons. The number of hydrogen-bond acceptors (Lipinski definition) is 4. The Hall–Kier alpha value is -1.72. The van der Waals surface area contributed by atoms with Crippen LogP contribution in [0.25, 0.3) is 10.6 Å². The second-order valence-corrected chi connectivity index (χ2v) is 7.26. The van der Waals surface area contributed by atoms with Crippen LogP contribution >= 0.6 is 11.3 Å². The van der Waals surface area contributed by atoms with Crippen LogP contribution in [0.4, 0.5) is 0 Å². The number of thiazole rings is 1. The molecule has 1 aliphatic heterocycles. The molecule has 2 aromatic rings. The van der Waals surface area contributed by atoms with Crippen LogP contribution in [-0.4, -0.2) is 53.4 Å². The Morgan fingerprint density at radius 1 is 1.29 bits per heavy atom. The molecule has 1 aliphatic rings. The van der Waals surface area contributed by atoms with Crippen LogP contribution in [-0.2, 0) is 11.2 Å². The van der Waals surface area contributed by atoms with Crippen molar-refractivity contribution in [3.8, 4) is 10.6 Å². The lowest BCUT2D eigenvalue weighted by Crippen LogP contribution is -2.47. The Morgan fingerprint density at radius 2 is 2.00 bits per heavy atom. The monoisotopic (exact) mass is 343 g/mol. The van der Waals surface area contributed by atoms with E-state index in [-0.39, 0.29) is 5.91 Å². The Kier molecular flexibility index (Phi) is 5.63. The van der Waals surface area contributed by atoms with Gasteiger partial charge < -0.3 is 9.80 Å². The molecule has 0 N–H and O–H groups in total. The number of hydrogen-bond donors (Lipinski definition) is 0. The normalized spacial score (nSPS) is 16.2. The molecule has 1 aromatic heterocycles. The summed E-state index contributed by atoms with van der Waals surface area (Å²) in [7, 11) is 2.15. The first-order valence-electron chi connectivity index (χ1n) is 8.65. The topological polar surface area (TPSA) is 36.4 Å². The number of carbonyl (C=O) groups excluding carboxylic acids is 1. The van der Waals surface area contributed by atoms with Crippen molar-refractivity contribution in [1.82, 2.24) is 14.8 Å². The molecule has 1 saturated heterocycles. The molecule has 3 rings (SSSR count). The summed E-state index contributed by atoms with van der Waals surface area (Å²) in [5.74, 6) is 0.206. The Bertz CT molecular complexity index is 662. The highest BCUT2D eigenvalue weighted by Gasteiger charge is 2.26. The second-order valence-electron chi connectivity index (χ2n) is 6.40. The van der Waals surface area contributed by atoms with E-state index in [9.17, 15) is 4.79 Å². The first-order chi connectivity index (χ1) is 11.7. The zero-order chi connectivity index (χ0) is 16.9. The van der Waals surface area contributed by atoms with Gasteiger partial charge in [0.15, 0.2) is 0 Å². The van der Waals surface area contributed by atoms with E-state index in [1.165, 1.54) is 0 Å². The summed E-state index contributed by atoms with van der Waals surface area (Å²) in [5, 5.41) is 3.00. The maximum atomic E-state index is 12.7. The van der Waals surface area contributed by atoms with E-state index in [0.29, 0.717) is 12.5 Å². The summed E-state index contributed by atoms with van der Waals surface area (Å²) in [4.78, 5) is 21.8. The fourth-order valence-electron chi connectivity index (χ4n) is 3.30. The van der Waals surface area contributed by atoms with Crippen molar-refractivity contribution < 1.29 is 4.79 Å². The summed E-state index contributed by atoms with van der Waals surface area (Å²) in [6.07, 6.45) is 2.55. The number of carbonyl (C=O) groups is 1. The summed E-state index contributed by atoms with van der Waals surface area (Å²) in [5.41, 5.74) is 2.00. The molecule has 0 spiro atoms. The zero-order valence-electron chi connectivity index (χ0n) is 14.4. The van der Waals surface area contributed by atoms with Gasteiger partial charge >= 0.3 is 0 Å². The summed E-state index contributed by atoms with van der Waals surface area (Å²) in [6, 6.07) is 10.5. The molecule has 2 heterocycles. The van der Waals surface area contributed by atoms with Crippen molar-refractivity contribution in [3.63, 3.8) is 0 Å². The summed E-state index contributed by atoms with van der Waals surface area (Å²) < 4.78 is 0. The largest absolute Gasteiger partial charge is 0.340 e. The van der Waals surface area contributed by atoms with E-state index in [1.54, 1.807) is 11.3 Å². The van der Waals surface area contributed by atoms with Crippen molar-refractivity contribution in [2.24, 2.45) is 0 Å². The number of rotatable bonds is 5. The van der Waals surface area contributed by atoms with Gasteiger partial charge in [-0.3, -0.25) is 4.79 Å². The van der Waals surface area contributed by atoms with Gasteiger partial charge in [0.2, 0.25) is 5.91 Å². The minimum absolute atomic E-state index is 0.206. The van der Waals surface area contributed by atoms with E-state index < -0.39 is 0 Å². The standard InChI is InChI=1S/C19H25N3OS/c1-3-22(17-9-11-21(2)12-10-17)18(23)13-16-14-24-19(20-16)15-7-5-4-6-8-15/h4-8,14,17H,3,9-13H2,1-2H3. The average molecular weight is 343 g/mol. The van der Waals surface area contributed by atoms with Gasteiger partial charge in [-0.1, -0.05) is 30.3 Å². The minimum atomic E-state index is 0.206. The van der Waals surface area contributed by atoms with Crippen molar-refractivity contribution in [2.75, 3.05) is 26.7 Å². The second kappa shape index (κ2) is 7.90. The number of piperidine rings is 1. The Balaban J connectivity index is 1.64. The predicted octanol–water partition coefficient (Wildman–Crippen LogP) is 3.30. The third-order valence-electron chi connectivity index (χ3n) is 4.69. The first kappa shape index (κ1) is 17.1. The quantitative estimate of drug-likeness (QED) is 0.836. The first-order valence-corrected chi connectivity index (χ1v) is 9.53. The van der Waals surface area contributed by atoms with Crippen molar-refractivity contribution in [3.05, 3.63) is 41.4 Å². The van der Waals surface area contributed by atoms with Crippen molar-refractivity contribution in [2.45, 2.75) is 32.2 Å². The van der Waals surface area contributed by atoms with Crippen LogP contribution < -0.4 is 0 Å². The molecule has 1 fully saturated rings. The van der Waals surface area contributed by atoms with Gasteiger partial charge in [-0.2, -0.15) is 0 Å².